The zero-order chi connectivity index (χ0) is 17.2. The van der Waals surface area contributed by atoms with Crippen molar-refractivity contribution >= 4 is 35.4 Å². The van der Waals surface area contributed by atoms with E-state index in [9.17, 15) is 5.21 Å². The van der Waals surface area contributed by atoms with Crippen molar-refractivity contribution in [1.82, 2.24) is 0 Å². The number of halogens is 2. The van der Waals surface area contributed by atoms with Gasteiger partial charge in [-0.25, -0.2) is 0 Å². The van der Waals surface area contributed by atoms with Gasteiger partial charge in [0.15, 0.2) is 0 Å². The van der Waals surface area contributed by atoms with Gasteiger partial charge >= 0.3 is 0 Å². The van der Waals surface area contributed by atoms with E-state index in [1.54, 1.807) is 7.05 Å². The van der Waals surface area contributed by atoms with Gasteiger partial charge in [-0.2, -0.15) is 0 Å². The Hall–Kier alpha value is -1.58. The molecule has 0 atom stereocenters. The summed E-state index contributed by atoms with van der Waals surface area (Å²) in [7, 11) is 1.71. The van der Waals surface area contributed by atoms with Crippen LogP contribution in [0.3, 0.4) is 0 Å². The zero-order valence-corrected chi connectivity index (χ0v) is 15.0. The lowest BCUT2D eigenvalue weighted by molar-refractivity contribution is -0.853. The maximum absolute atomic E-state index is 12.7. The van der Waals surface area contributed by atoms with E-state index in [2.05, 4.69) is 0 Å². The minimum absolute atomic E-state index is 0.313. The van der Waals surface area contributed by atoms with Crippen LogP contribution in [0.1, 0.15) is 17.5 Å². The molecule has 0 spiro atoms. The Morgan fingerprint density at radius 3 is 1.67 bits per heavy atom. The highest BCUT2D eigenvalue weighted by Gasteiger charge is 2.23. The highest BCUT2D eigenvalue weighted by molar-refractivity contribution is 6.32. The van der Waals surface area contributed by atoms with Gasteiger partial charge in [-0.15, -0.1) is 0 Å². The summed E-state index contributed by atoms with van der Waals surface area (Å²) >= 11 is 12.5. The van der Waals surface area contributed by atoms with Gasteiger partial charge in [0, 0.05) is 16.5 Å². The largest absolute Gasteiger partial charge is 0.633 e. The molecule has 2 aromatic carbocycles. The molecule has 0 N–H and O–H groups in total. The smallest absolute Gasteiger partial charge is 0.101 e. The second-order valence-electron chi connectivity index (χ2n) is 6.44. The highest BCUT2D eigenvalue weighted by atomic mass is 35.5. The van der Waals surface area contributed by atoms with Crippen molar-refractivity contribution in [1.29, 1.82) is 0 Å². The molecule has 1 heterocycles. The van der Waals surface area contributed by atoms with Crippen molar-refractivity contribution in [2.24, 2.45) is 0 Å². The fourth-order valence-corrected chi connectivity index (χ4v) is 3.52. The number of hydrogen-bond acceptors (Lipinski definition) is 1. The van der Waals surface area contributed by atoms with Crippen molar-refractivity contribution < 1.29 is 4.65 Å². The summed E-state index contributed by atoms with van der Waals surface area (Å²) in [5, 5.41) is 14.1. The molecule has 3 rings (SSSR count). The average Bonchev–Trinajstić information content (AvgIpc) is 2.50. The number of piperidine rings is 1. The van der Waals surface area contributed by atoms with Crippen LogP contribution >= 0.6 is 23.2 Å². The fourth-order valence-electron chi connectivity index (χ4n) is 3.14. The second kappa shape index (κ2) is 7.12. The summed E-state index contributed by atoms with van der Waals surface area (Å²) < 4.78 is -0.313. The Morgan fingerprint density at radius 2 is 1.25 bits per heavy atom. The summed E-state index contributed by atoms with van der Waals surface area (Å²) in [6, 6.07) is 15.4. The third-order valence-electron chi connectivity index (χ3n) is 4.06. The number of hydroxylamine groups is 3. The zero-order valence-electron chi connectivity index (χ0n) is 13.5. The lowest BCUT2D eigenvalue weighted by Crippen LogP contribution is -2.44. The van der Waals surface area contributed by atoms with Gasteiger partial charge < -0.3 is 9.85 Å². The van der Waals surface area contributed by atoms with Gasteiger partial charge in [-0.3, -0.25) is 0 Å². The number of benzene rings is 2. The molecule has 1 fully saturated rings. The van der Waals surface area contributed by atoms with Crippen LogP contribution < -0.4 is 0 Å². The van der Waals surface area contributed by atoms with Crippen LogP contribution in [0.25, 0.3) is 12.2 Å². The summed E-state index contributed by atoms with van der Waals surface area (Å²) in [5.74, 6) is 0. The van der Waals surface area contributed by atoms with Crippen LogP contribution in [-0.4, -0.2) is 24.8 Å². The maximum atomic E-state index is 12.7. The number of hydrogen-bond donors (Lipinski definition) is 0. The Balaban J connectivity index is 1.93. The fraction of sp³-hybridized carbons (Fsp3) is 0.200. The van der Waals surface area contributed by atoms with E-state index in [0.29, 0.717) is 23.1 Å². The molecule has 1 saturated heterocycles. The maximum Gasteiger partial charge on any atom is 0.101 e. The van der Waals surface area contributed by atoms with Crippen LogP contribution in [-0.2, 0) is 0 Å². The lowest BCUT2D eigenvalue weighted by Gasteiger charge is -2.43. The predicted octanol–water partition coefficient (Wildman–Crippen LogP) is 5.81. The topological polar surface area (TPSA) is 23.1 Å². The summed E-state index contributed by atoms with van der Waals surface area (Å²) in [6.07, 6.45) is 4.85. The van der Waals surface area contributed by atoms with Crippen LogP contribution in [0.5, 0.6) is 0 Å². The molecule has 2 nitrogen and oxygen atoms in total. The summed E-state index contributed by atoms with van der Waals surface area (Å²) in [5.41, 5.74) is 4.08. The molecule has 2 aromatic rings. The van der Waals surface area contributed by atoms with E-state index in [1.165, 1.54) is 0 Å². The van der Waals surface area contributed by atoms with Crippen LogP contribution in [0, 0.1) is 5.21 Å². The standard InChI is InChI=1S/C20H19Cl2NO/c1-23(24)13-15(11-17-6-2-4-8-19(17)21)10-16(14-23)12-18-7-3-5-9-20(18)22/h2-9,11-12H,10,13-14H2,1H3. The molecular formula is C20H19Cl2NO. The van der Waals surface area contributed by atoms with Crippen molar-refractivity contribution in [2.75, 3.05) is 20.1 Å². The molecule has 124 valence electrons. The first-order valence-electron chi connectivity index (χ1n) is 7.86. The Morgan fingerprint density at radius 1 is 0.833 bits per heavy atom. The van der Waals surface area contributed by atoms with Crippen LogP contribution in [0.4, 0.5) is 0 Å². The molecule has 1 aliphatic rings. The van der Waals surface area contributed by atoms with Crippen LogP contribution in [0.15, 0.2) is 59.7 Å². The van der Waals surface area contributed by atoms with Gasteiger partial charge in [-0.05, 0) is 46.6 Å². The molecule has 0 aromatic heterocycles. The molecule has 0 amide bonds. The number of likely N-dealkylation sites (tertiary alicyclic amines) is 1. The summed E-state index contributed by atoms with van der Waals surface area (Å²) in [4.78, 5) is 0. The third kappa shape index (κ3) is 4.28. The SMILES string of the molecule is C[N+]1([O-])CC(=Cc2ccccc2Cl)CC(=Cc2ccccc2Cl)C1. The molecule has 0 radical (unpaired) electrons. The van der Waals surface area contributed by atoms with E-state index in [0.717, 1.165) is 28.7 Å². The predicted molar refractivity (Wildman–Crippen MR) is 103 cm³/mol. The molecular weight excluding hydrogens is 341 g/mol. The monoisotopic (exact) mass is 359 g/mol. The number of rotatable bonds is 2. The first-order valence-corrected chi connectivity index (χ1v) is 8.62. The second-order valence-corrected chi connectivity index (χ2v) is 7.25. The quantitative estimate of drug-likeness (QED) is 0.490. The van der Waals surface area contributed by atoms with E-state index in [-0.39, 0.29) is 4.65 Å². The first-order chi connectivity index (χ1) is 11.4. The van der Waals surface area contributed by atoms with E-state index in [1.807, 2.05) is 60.7 Å². The molecule has 24 heavy (non-hydrogen) atoms. The summed E-state index contributed by atoms with van der Waals surface area (Å²) in [6.45, 7) is 0.955. The molecule has 1 aliphatic heterocycles. The highest BCUT2D eigenvalue weighted by Crippen LogP contribution is 2.30. The van der Waals surface area contributed by atoms with Gasteiger partial charge in [0.25, 0.3) is 0 Å². The number of likely N-dealkylation sites (N-methyl/N-ethyl adjacent to an activating group) is 1. The minimum Gasteiger partial charge on any atom is -0.633 e. The molecule has 0 aliphatic carbocycles. The van der Waals surface area contributed by atoms with Crippen molar-refractivity contribution in [3.63, 3.8) is 0 Å². The van der Waals surface area contributed by atoms with E-state index >= 15 is 0 Å². The van der Waals surface area contributed by atoms with Gasteiger partial charge in [0.1, 0.15) is 13.1 Å². The minimum atomic E-state index is -0.313. The Labute approximate surface area is 152 Å². The van der Waals surface area contributed by atoms with Gasteiger partial charge in [-0.1, -0.05) is 59.6 Å². The average molecular weight is 360 g/mol. The van der Waals surface area contributed by atoms with E-state index in [4.69, 9.17) is 23.2 Å². The molecule has 4 heteroatoms. The molecule has 0 unspecified atom stereocenters. The van der Waals surface area contributed by atoms with Gasteiger partial charge in [0.2, 0.25) is 0 Å². The Kier molecular flexibility index (Phi) is 5.12. The third-order valence-corrected chi connectivity index (χ3v) is 4.75. The van der Waals surface area contributed by atoms with Gasteiger partial charge in [0.05, 0.1) is 7.05 Å². The number of nitrogens with zero attached hydrogens (tertiary/aromatic N) is 1. The normalized spacial score (nSPS) is 24.5. The van der Waals surface area contributed by atoms with Crippen LogP contribution in [0.2, 0.25) is 10.0 Å². The lowest BCUT2D eigenvalue weighted by atomic mass is 9.95. The molecule has 0 saturated carbocycles. The van der Waals surface area contributed by atoms with Crippen molar-refractivity contribution in [3.05, 3.63) is 86.1 Å². The van der Waals surface area contributed by atoms with Crippen molar-refractivity contribution in [2.45, 2.75) is 6.42 Å². The van der Waals surface area contributed by atoms with E-state index < -0.39 is 0 Å². The van der Waals surface area contributed by atoms with Crippen molar-refractivity contribution in [3.8, 4) is 0 Å². The Bertz CT molecular complexity index is 743. The molecule has 0 bridgehead atoms. The number of quaternary nitrogens is 1. The first kappa shape index (κ1) is 17.2.